The minimum Gasteiger partial charge on any atom is -0.374 e. The number of hydrogen-bond acceptors (Lipinski definition) is 7. The lowest BCUT2D eigenvalue weighted by molar-refractivity contribution is -0.132. The van der Waals surface area contributed by atoms with E-state index in [2.05, 4.69) is 20.6 Å². The van der Waals surface area contributed by atoms with Crippen LogP contribution < -0.4 is 15.5 Å². The van der Waals surface area contributed by atoms with Crippen LogP contribution in [0.5, 0.6) is 0 Å². The molecule has 1 aliphatic rings. The van der Waals surface area contributed by atoms with Gasteiger partial charge < -0.3 is 15.0 Å². The van der Waals surface area contributed by atoms with Gasteiger partial charge in [0, 0.05) is 19.7 Å². The Balaban J connectivity index is 2.32. The Labute approximate surface area is 122 Å². The van der Waals surface area contributed by atoms with Gasteiger partial charge in [-0.25, -0.2) is 9.97 Å². The summed E-state index contributed by atoms with van der Waals surface area (Å²) < 4.78 is 5.31. The molecule has 2 rings (SSSR count). The van der Waals surface area contributed by atoms with E-state index in [9.17, 15) is 9.59 Å². The second-order valence-electron chi connectivity index (χ2n) is 4.63. The highest BCUT2D eigenvalue weighted by Gasteiger charge is 2.31. The van der Waals surface area contributed by atoms with Gasteiger partial charge in [-0.1, -0.05) is 0 Å². The first-order valence-corrected chi connectivity index (χ1v) is 6.79. The number of carbonyl (C=O) groups excluding carboxylic acids is 2. The molecule has 0 radical (unpaired) electrons. The number of anilines is 2. The monoisotopic (exact) mass is 293 g/mol. The molecular weight excluding hydrogens is 274 g/mol. The lowest BCUT2D eigenvalue weighted by atomic mass is 10.2. The first-order valence-electron chi connectivity index (χ1n) is 6.79. The zero-order valence-corrected chi connectivity index (χ0v) is 12.3. The Morgan fingerprint density at radius 2 is 2.24 bits per heavy atom. The topological polar surface area (TPSA) is 96.5 Å². The molecule has 0 saturated carbocycles. The van der Waals surface area contributed by atoms with E-state index in [1.165, 1.54) is 0 Å². The number of amides is 2. The minimum atomic E-state index is -0.470. The van der Waals surface area contributed by atoms with Crippen molar-refractivity contribution in [3.63, 3.8) is 0 Å². The van der Waals surface area contributed by atoms with Crippen LogP contribution in [0, 0.1) is 0 Å². The zero-order valence-electron chi connectivity index (χ0n) is 12.3. The molecule has 1 aliphatic heterocycles. The smallest absolute Gasteiger partial charge is 0.249 e. The first-order chi connectivity index (χ1) is 10.0. The van der Waals surface area contributed by atoms with E-state index in [4.69, 9.17) is 4.74 Å². The van der Waals surface area contributed by atoms with E-state index >= 15 is 0 Å². The molecule has 1 atom stereocenters. The van der Waals surface area contributed by atoms with Crippen molar-refractivity contribution in [2.24, 2.45) is 0 Å². The average molecular weight is 293 g/mol. The van der Waals surface area contributed by atoms with Crippen LogP contribution in [0.2, 0.25) is 0 Å². The molecule has 1 aromatic heterocycles. The molecule has 1 unspecified atom stereocenters. The largest absolute Gasteiger partial charge is 0.374 e. The van der Waals surface area contributed by atoms with E-state index in [0.717, 1.165) is 0 Å². The highest BCUT2D eigenvalue weighted by atomic mass is 16.5. The fraction of sp³-hybridized carbons (Fsp3) is 0.538. The molecular formula is C13H19N5O3. The Morgan fingerprint density at radius 3 is 2.90 bits per heavy atom. The van der Waals surface area contributed by atoms with E-state index in [1.807, 2.05) is 6.92 Å². The number of imide groups is 1. The van der Waals surface area contributed by atoms with Gasteiger partial charge in [0.2, 0.25) is 11.8 Å². The summed E-state index contributed by atoms with van der Waals surface area (Å²) in [5.41, 5.74) is 0. The van der Waals surface area contributed by atoms with Crippen LogP contribution in [-0.2, 0) is 20.9 Å². The van der Waals surface area contributed by atoms with Crippen LogP contribution in [0.1, 0.15) is 19.7 Å². The molecule has 114 valence electrons. The molecule has 8 heteroatoms. The van der Waals surface area contributed by atoms with E-state index < -0.39 is 6.04 Å². The van der Waals surface area contributed by atoms with Crippen LogP contribution in [0.25, 0.3) is 0 Å². The lowest BCUT2D eigenvalue weighted by Crippen LogP contribution is -2.57. The van der Waals surface area contributed by atoms with Gasteiger partial charge in [-0.05, 0) is 13.8 Å². The number of rotatable bonds is 5. The second kappa shape index (κ2) is 6.49. The van der Waals surface area contributed by atoms with Gasteiger partial charge in [-0.15, -0.1) is 0 Å². The van der Waals surface area contributed by atoms with Gasteiger partial charge in [0.1, 0.15) is 24.3 Å². The average Bonchev–Trinajstić information content (AvgIpc) is 2.48. The van der Waals surface area contributed by atoms with Crippen LogP contribution in [0.4, 0.5) is 11.6 Å². The maximum absolute atomic E-state index is 11.7. The predicted molar refractivity (Wildman–Crippen MR) is 76.9 cm³/mol. The van der Waals surface area contributed by atoms with Gasteiger partial charge >= 0.3 is 0 Å². The number of nitrogens with zero attached hydrogens (tertiary/aromatic N) is 3. The molecule has 2 amide bonds. The fourth-order valence-electron chi connectivity index (χ4n) is 2.01. The molecule has 0 aromatic carbocycles. The number of carbonyl (C=O) groups is 2. The maximum Gasteiger partial charge on any atom is 0.249 e. The van der Waals surface area contributed by atoms with Gasteiger partial charge in [0.05, 0.1) is 6.54 Å². The highest BCUT2D eigenvalue weighted by molar-refractivity contribution is 6.04. The normalized spacial score (nSPS) is 18.6. The molecule has 1 fully saturated rings. The molecule has 0 bridgehead atoms. The molecule has 21 heavy (non-hydrogen) atoms. The van der Waals surface area contributed by atoms with Crippen molar-refractivity contribution < 1.29 is 14.3 Å². The summed E-state index contributed by atoms with van der Waals surface area (Å²) in [6.45, 7) is 4.54. The fourth-order valence-corrected chi connectivity index (χ4v) is 2.01. The molecule has 8 nitrogen and oxygen atoms in total. The van der Waals surface area contributed by atoms with Crippen molar-refractivity contribution in [3.8, 4) is 0 Å². The maximum atomic E-state index is 11.7. The van der Waals surface area contributed by atoms with E-state index in [0.29, 0.717) is 24.1 Å². The number of aromatic nitrogens is 2. The quantitative estimate of drug-likeness (QED) is 0.732. The summed E-state index contributed by atoms with van der Waals surface area (Å²) in [4.78, 5) is 33.6. The SMILES string of the molecule is CCOCc1nc(NC)cc(N2CC(=O)NC(=O)C2C)n1. The number of nitrogens with one attached hydrogen (secondary N) is 2. The number of hydrogen-bond donors (Lipinski definition) is 2. The number of ether oxygens (including phenoxy) is 1. The van der Waals surface area contributed by atoms with Crippen LogP contribution in [0.3, 0.4) is 0 Å². The first kappa shape index (κ1) is 15.2. The molecule has 2 N–H and O–H groups in total. The van der Waals surface area contributed by atoms with Crippen molar-refractivity contribution in [2.45, 2.75) is 26.5 Å². The van der Waals surface area contributed by atoms with E-state index in [-0.39, 0.29) is 25.0 Å². The summed E-state index contributed by atoms with van der Waals surface area (Å²) in [6.07, 6.45) is 0. The summed E-state index contributed by atoms with van der Waals surface area (Å²) in [5.74, 6) is 0.973. The summed E-state index contributed by atoms with van der Waals surface area (Å²) in [7, 11) is 1.74. The van der Waals surface area contributed by atoms with Crippen LogP contribution in [0.15, 0.2) is 6.07 Å². The Hall–Kier alpha value is -2.22. The van der Waals surface area contributed by atoms with E-state index in [1.54, 1.807) is 24.9 Å². The summed E-state index contributed by atoms with van der Waals surface area (Å²) in [6, 6.07) is 1.24. The third-order valence-electron chi connectivity index (χ3n) is 3.17. The standard InChI is InChI=1S/C13H19N5O3/c1-4-21-7-10-15-9(14-3)5-11(16-10)18-6-12(19)17-13(20)8(18)2/h5,8H,4,6-7H2,1-3H3,(H,14,15,16)(H,17,19,20). The van der Waals surface area contributed by atoms with Crippen molar-refractivity contribution in [2.75, 3.05) is 30.4 Å². The highest BCUT2D eigenvalue weighted by Crippen LogP contribution is 2.20. The van der Waals surface area contributed by atoms with Gasteiger partial charge in [-0.3, -0.25) is 14.9 Å². The Kier molecular flexibility index (Phi) is 4.69. The molecule has 1 aromatic rings. The second-order valence-corrected chi connectivity index (χ2v) is 4.63. The predicted octanol–water partition coefficient (Wildman–Crippen LogP) is -0.0939. The van der Waals surface area contributed by atoms with Crippen molar-refractivity contribution in [1.82, 2.24) is 15.3 Å². The van der Waals surface area contributed by atoms with Crippen LogP contribution >= 0.6 is 0 Å². The van der Waals surface area contributed by atoms with Gasteiger partial charge in [0.25, 0.3) is 0 Å². The Morgan fingerprint density at radius 1 is 1.48 bits per heavy atom. The summed E-state index contributed by atoms with van der Waals surface area (Å²) >= 11 is 0. The van der Waals surface area contributed by atoms with Gasteiger partial charge in [0.15, 0.2) is 5.82 Å². The molecule has 2 heterocycles. The van der Waals surface area contributed by atoms with Crippen molar-refractivity contribution in [1.29, 1.82) is 0 Å². The molecule has 0 aliphatic carbocycles. The third-order valence-corrected chi connectivity index (χ3v) is 3.17. The Bertz CT molecular complexity index is 549. The third kappa shape index (κ3) is 3.46. The minimum absolute atomic E-state index is 0.0845. The lowest BCUT2D eigenvalue weighted by Gasteiger charge is -2.32. The van der Waals surface area contributed by atoms with Gasteiger partial charge in [-0.2, -0.15) is 0 Å². The van der Waals surface area contributed by atoms with Crippen molar-refractivity contribution >= 4 is 23.5 Å². The van der Waals surface area contributed by atoms with Crippen LogP contribution in [-0.4, -0.2) is 48.0 Å². The molecule has 0 spiro atoms. The molecule has 1 saturated heterocycles. The zero-order chi connectivity index (χ0) is 15.4. The number of piperazine rings is 1. The summed E-state index contributed by atoms with van der Waals surface area (Å²) in [5, 5.41) is 5.24. The van der Waals surface area contributed by atoms with Crippen molar-refractivity contribution in [3.05, 3.63) is 11.9 Å².